The van der Waals surface area contributed by atoms with Gasteiger partial charge in [0.2, 0.25) is 0 Å². The number of nitrogens with zero attached hydrogens (tertiary/aromatic N) is 1. The van der Waals surface area contributed by atoms with Gasteiger partial charge in [0, 0.05) is 13.1 Å². The van der Waals surface area contributed by atoms with Gasteiger partial charge in [0.05, 0.1) is 19.3 Å². The van der Waals surface area contributed by atoms with E-state index >= 15 is 0 Å². The smallest absolute Gasteiger partial charge is 0.257 e. The highest BCUT2D eigenvalue weighted by Gasteiger charge is 2.26. The summed E-state index contributed by atoms with van der Waals surface area (Å²) in [6, 6.07) is 5.74. The number of amides is 1. The number of benzene rings is 1. The van der Waals surface area contributed by atoms with Gasteiger partial charge in [0.1, 0.15) is 0 Å². The molecule has 0 unspecified atom stereocenters. The summed E-state index contributed by atoms with van der Waals surface area (Å²) in [5.74, 6) is 3.31. The van der Waals surface area contributed by atoms with Crippen molar-refractivity contribution in [3.63, 3.8) is 0 Å². The molecular formula is C17H26N2O3S. The molecule has 128 valence electrons. The number of thioether (sulfide) groups is 1. The maximum atomic E-state index is 12.9. The van der Waals surface area contributed by atoms with Gasteiger partial charge in [-0.05, 0) is 49.4 Å². The molecule has 1 aromatic carbocycles. The van der Waals surface area contributed by atoms with Crippen molar-refractivity contribution in [1.29, 1.82) is 0 Å². The van der Waals surface area contributed by atoms with Crippen LogP contribution in [0.3, 0.4) is 0 Å². The molecule has 0 aromatic heterocycles. The van der Waals surface area contributed by atoms with Gasteiger partial charge >= 0.3 is 0 Å². The highest BCUT2D eigenvalue weighted by atomic mass is 32.2. The van der Waals surface area contributed by atoms with Gasteiger partial charge < -0.3 is 20.1 Å². The second-order valence-corrected chi connectivity index (χ2v) is 6.81. The average Bonchev–Trinajstić information content (AvgIpc) is 2.61. The van der Waals surface area contributed by atoms with Crippen molar-refractivity contribution in [3.05, 3.63) is 23.8 Å². The summed E-state index contributed by atoms with van der Waals surface area (Å²) in [5.41, 5.74) is 6.08. The van der Waals surface area contributed by atoms with E-state index in [4.69, 9.17) is 15.2 Å². The van der Waals surface area contributed by atoms with Gasteiger partial charge in [-0.15, -0.1) is 0 Å². The maximum absolute atomic E-state index is 12.9. The van der Waals surface area contributed by atoms with Crippen LogP contribution in [0.4, 0.5) is 0 Å². The number of rotatable bonds is 7. The third-order valence-electron chi connectivity index (χ3n) is 4.08. The van der Waals surface area contributed by atoms with Crippen LogP contribution in [0.15, 0.2) is 18.2 Å². The number of nitrogens with two attached hydrogens (primary N) is 1. The molecule has 6 heteroatoms. The zero-order valence-corrected chi connectivity index (χ0v) is 14.7. The molecular weight excluding hydrogens is 312 g/mol. The Labute approximate surface area is 142 Å². The molecule has 0 radical (unpaired) electrons. The van der Waals surface area contributed by atoms with E-state index in [1.165, 1.54) is 0 Å². The lowest BCUT2D eigenvalue weighted by Gasteiger charge is -2.31. The number of hydrogen-bond donors (Lipinski definition) is 1. The van der Waals surface area contributed by atoms with Crippen molar-refractivity contribution in [1.82, 2.24) is 4.90 Å². The Morgan fingerprint density at radius 1 is 1.39 bits per heavy atom. The van der Waals surface area contributed by atoms with Gasteiger partial charge in [0.25, 0.3) is 5.91 Å². The number of ether oxygens (including phenoxy) is 2. The molecule has 1 heterocycles. The molecule has 0 atom stereocenters. The Hall–Kier alpha value is -1.40. The Bertz CT molecular complexity index is 519. The minimum Gasteiger partial charge on any atom is -0.493 e. The zero-order valence-electron chi connectivity index (χ0n) is 13.9. The monoisotopic (exact) mass is 338 g/mol. The molecule has 0 aliphatic carbocycles. The first-order valence-corrected chi connectivity index (χ1v) is 9.19. The molecule has 1 saturated heterocycles. The standard InChI is InChI=1S/C17H26N2O3S/c1-19(13-7-11-23-12-8-13)17(20)14-5-3-6-15(21-2)16(14)22-10-4-9-18/h3,5-6,13H,4,7-12,18H2,1-2H3. The number of carbonyl (C=O) groups is 1. The summed E-state index contributed by atoms with van der Waals surface area (Å²) in [6.07, 6.45) is 2.82. The Morgan fingerprint density at radius 3 is 2.78 bits per heavy atom. The SMILES string of the molecule is COc1cccc(C(=O)N(C)C2CCSCC2)c1OCCCN. The molecule has 2 rings (SSSR count). The maximum Gasteiger partial charge on any atom is 0.257 e. The second-order valence-electron chi connectivity index (χ2n) is 5.59. The lowest BCUT2D eigenvalue weighted by atomic mass is 10.1. The van der Waals surface area contributed by atoms with E-state index in [2.05, 4.69) is 0 Å². The molecule has 0 spiro atoms. The van der Waals surface area contributed by atoms with Gasteiger partial charge in [-0.25, -0.2) is 0 Å². The lowest BCUT2D eigenvalue weighted by Crippen LogP contribution is -2.39. The van der Waals surface area contributed by atoms with Crippen LogP contribution >= 0.6 is 11.8 Å². The molecule has 23 heavy (non-hydrogen) atoms. The minimum atomic E-state index is -0.0106. The van der Waals surface area contributed by atoms with Gasteiger partial charge in [-0.2, -0.15) is 11.8 Å². The van der Waals surface area contributed by atoms with Crippen molar-refractivity contribution in [2.24, 2.45) is 5.73 Å². The van der Waals surface area contributed by atoms with E-state index in [0.29, 0.717) is 36.3 Å². The summed E-state index contributed by atoms with van der Waals surface area (Å²) >= 11 is 1.95. The third-order valence-corrected chi connectivity index (χ3v) is 5.13. The van der Waals surface area contributed by atoms with E-state index in [1.54, 1.807) is 13.2 Å². The summed E-state index contributed by atoms with van der Waals surface area (Å²) in [6.45, 7) is 1.03. The Morgan fingerprint density at radius 2 is 2.13 bits per heavy atom. The molecule has 1 fully saturated rings. The first-order valence-electron chi connectivity index (χ1n) is 8.03. The normalized spacial score (nSPS) is 15.3. The van der Waals surface area contributed by atoms with E-state index in [1.807, 2.05) is 35.8 Å². The average molecular weight is 338 g/mol. The molecule has 0 saturated carbocycles. The summed E-state index contributed by atoms with van der Waals surface area (Å²) in [4.78, 5) is 14.8. The predicted octanol–water partition coefficient (Wildman–Crippen LogP) is 2.39. The van der Waals surface area contributed by atoms with Crippen LogP contribution in [0.2, 0.25) is 0 Å². The molecule has 1 aromatic rings. The van der Waals surface area contributed by atoms with E-state index in [9.17, 15) is 4.79 Å². The van der Waals surface area contributed by atoms with Crippen LogP contribution in [0.5, 0.6) is 11.5 Å². The van der Waals surface area contributed by atoms with Crippen LogP contribution in [0.1, 0.15) is 29.6 Å². The fourth-order valence-corrected chi connectivity index (χ4v) is 3.76. The zero-order chi connectivity index (χ0) is 16.7. The predicted molar refractivity (Wildman–Crippen MR) is 94.6 cm³/mol. The van der Waals surface area contributed by atoms with Crippen molar-refractivity contribution < 1.29 is 14.3 Å². The molecule has 1 aliphatic rings. The van der Waals surface area contributed by atoms with Crippen LogP contribution in [0.25, 0.3) is 0 Å². The lowest BCUT2D eigenvalue weighted by molar-refractivity contribution is 0.0718. The van der Waals surface area contributed by atoms with Crippen molar-refractivity contribution in [2.75, 3.05) is 38.8 Å². The molecule has 5 nitrogen and oxygen atoms in total. The topological polar surface area (TPSA) is 64.8 Å². The minimum absolute atomic E-state index is 0.0106. The van der Waals surface area contributed by atoms with E-state index < -0.39 is 0 Å². The van der Waals surface area contributed by atoms with Crippen molar-refractivity contribution in [2.45, 2.75) is 25.3 Å². The second kappa shape index (κ2) is 9.03. The van der Waals surface area contributed by atoms with E-state index in [-0.39, 0.29) is 5.91 Å². The van der Waals surface area contributed by atoms with Crippen LogP contribution in [-0.2, 0) is 0 Å². The largest absolute Gasteiger partial charge is 0.493 e. The van der Waals surface area contributed by atoms with Gasteiger partial charge in [-0.1, -0.05) is 6.07 Å². The van der Waals surface area contributed by atoms with Crippen LogP contribution < -0.4 is 15.2 Å². The molecule has 1 amide bonds. The van der Waals surface area contributed by atoms with Crippen molar-refractivity contribution >= 4 is 17.7 Å². The molecule has 0 bridgehead atoms. The highest BCUT2D eigenvalue weighted by Crippen LogP contribution is 2.33. The quantitative estimate of drug-likeness (QED) is 0.773. The van der Waals surface area contributed by atoms with E-state index in [0.717, 1.165) is 30.8 Å². The van der Waals surface area contributed by atoms with Crippen molar-refractivity contribution in [3.8, 4) is 11.5 Å². The fourth-order valence-electron chi connectivity index (χ4n) is 2.68. The number of methoxy groups -OCH3 is 1. The fraction of sp³-hybridized carbons (Fsp3) is 0.588. The summed E-state index contributed by atoms with van der Waals surface area (Å²) < 4.78 is 11.2. The number of hydrogen-bond acceptors (Lipinski definition) is 5. The Balaban J connectivity index is 2.20. The molecule has 2 N–H and O–H groups in total. The third kappa shape index (κ3) is 4.54. The number of carbonyl (C=O) groups excluding carboxylic acids is 1. The van der Waals surface area contributed by atoms with Crippen LogP contribution in [-0.4, -0.2) is 55.7 Å². The van der Waals surface area contributed by atoms with Crippen LogP contribution in [0, 0.1) is 0 Å². The first-order chi connectivity index (χ1) is 11.2. The number of para-hydroxylation sites is 1. The highest BCUT2D eigenvalue weighted by molar-refractivity contribution is 7.99. The first kappa shape index (κ1) is 17.9. The van der Waals surface area contributed by atoms with Gasteiger partial charge in [0.15, 0.2) is 11.5 Å². The molecule has 1 aliphatic heterocycles. The summed E-state index contributed by atoms with van der Waals surface area (Å²) in [7, 11) is 3.47. The van der Waals surface area contributed by atoms with Gasteiger partial charge in [-0.3, -0.25) is 4.79 Å². The summed E-state index contributed by atoms with van der Waals surface area (Å²) in [5, 5.41) is 0. The Kier molecular flexibility index (Phi) is 7.05.